The van der Waals surface area contributed by atoms with Crippen molar-refractivity contribution in [1.82, 2.24) is 0 Å². The van der Waals surface area contributed by atoms with Crippen molar-refractivity contribution in [1.29, 1.82) is 5.26 Å². The second-order valence-corrected chi connectivity index (χ2v) is 6.87. The molecular formula is C24H26N2O5. The van der Waals surface area contributed by atoms with Crippen molar-refractivity contribution >= 4 is 23.3 Å². The number of carbonyl (C=O) groups is 3. The summed E-state index contributed by atoms with van der Waals surface area (Å²) in [4.78, 5) is 36.0. The molecule has 0 aromatic heterocycles. The first-order valence-corrected chi connectivity index (χ1v) is 10.2. The topological polar surface area (TPSA) is 105 Å². The summed E-state index contributed by atoms with van der Waals surface area (Å²) in [6.45, 7) is 2.28. The number of ketones is 1. The van der Waals surface area contributed by atoms with Gasteiger partial charge >= 0.3 is 5.97 Å². The smallest absolute Gasteiger partial charge is 0.306 e. The fraction of sp³-hybridized carbons (Fsp3) is 0.333. The number of para-hydroxylation sites is 1. The fourth-order valence-electron chi connectivity index (χ4n) is 2.73. The molecule has 1 amide bonds. The average molecular weight is 422 g/mol. The van der Waals surface area contributed by atoms with Crippen molar-refractivity contribution in [3.8, 4) is 11.8 Å². The maximum atomic E-state index is 12.3. The number of hydrogen-bond acceptors (Lipinski definition) is 6. The van der Waals surface area contributed by atoms with Gasteiger partial charge in [0.25, 0.3) is 5.91 Å². The van der Waals surface area contributed by atoms with E-state index in [9.17, 15) is 14.4 Å². The quantitative estimate of drug-likeness (QED) is 0.311. The molecule has 0 saturated heterocycles. The molecule has 0 bridgehead atoms. The highest BCUT2D eigenvalue weighted by molar-refractivity contribution is 5.98. The Hall–Kier alpha value is -3.66. The van der Waals surface area contributed by atoms with Crippen LogP contribution in [0.2, 0.25) is 0 Å². The Bertz CT molecular complexity index is 932. The molecule has 31 heavy (non-hydrogen) atoms. The number of carbonyl (C=O) groups excluding carboxylic acids is 3. The lowest BCUT2D eigenvalue weighted by molar-refractivity contribution is -0.147. The summed E-state index contributed by atoms with van der Waals surface area (Å²) in [6, 6.07) is 15.3. The molecule has 0 aliphatic carbocycles. The summed E-state index contributed by atoms with van der Waals surface area (Å²) < 4.78 is 10.5. The van der Waals surface area contributed by atoms with E-state index >= 15 is 0 Å². The predicted octanol–water partition coefficient (Wildman–Crippen LogP) is 4.27. The lowest BCUT2D eigenvalue weighted by atomic mass is 10.1. The summed E-state index contributed by atoms with van der Waals surface area (Å²) in [7, 11) is 0. The minimum absolute atomic E-state index is 0.0194. The average Bonchev–Trinajstić information content (AvgIpc) is 2.79. The summed E-state index contributed by atoms with van der Waals surface area (Å²) in [5, 5.41) is 11.5. The van der Waals surface area contributed by atoms with E-state index in [1.165, 1.54) is 0 Å². The van der Waals surface area contributed by atoms with Crippen LogP contribution in [0.15, 0.2) is 48.5 Å². The first-order chi connectivity index (χ1) is 15.0. The molecule has 0 radical (unpaired) electrons. The van der Waals surface area contributed by atoms with E-state index in [-0.39, 0.29) is 18.6 Å². The van der Waals surface area contributed by atoms with Crippen molar-refractivity contribution in [3.63, 3.8) is 0 Å². The molecule has 0 spiro atoms. The molecule has 2 aromatic rings. The Morgan fingerprint density at radius 3 is 2.45 bits per heavy atom. The number of nitrogens with one attached hydrogen (secondary N) is 1. The van der Waals surface area contributed by atoms with Crippen LogP contribution in [0, 0.1) is 11.3 Å². The van der Waals surface area contributed by atoms with E-state index in [0.717, 1.165) is 19.3 Å². The van der Waals surface area contributed by atoms with Gasteiger partial charge in [-0.15, -0.1) is 0 Å². The third kappa shape index (κ3) is 8.31. The minimum Gasteiger partial charge on any atom is -0.494 e. The van der Waals surface area contributed by atoms with Crippen molar-refractivity contribution in [2.24, 2.45) is 0 Å². The van der Waals surface area contributed by atoms with Gasteiger partial charge in [-0.3, -0.25) is 14.4 Å². The predicted molar refractivity (Wildman–Crippen MR) is 116 cm³/mol. The number of nitriles is 1. The zero-order valence-electron chi connectivity index (χ0n) is 17.6. The van der Waals surface area contributed by atoms with E-state index < -0.39 is 18.5 Å². The molecule has 0 aliphatic rings. The molecule has 7 heteroatoms. The van der Waals surface area contributed by atoms with Gasteiger partial charge in [0.2, 0.25) is 0 Å². The molecule has 2 rings (SSSR count). The fourth-order valence-corrected chi connectivity index (χ4v) is 2.73. The number of unbranched alkanes of at least 4 members (excludes halogenated alkanes) is 2. The van der Waals surface area contributed by atoms with Crippen molar-refractivity contribution < 1.29 is 23.9 Å². The number of benzene rings is 2. The Morgan fingerprint density at radius 2 is 1.74 bits per heavy atom. The Balaban J connectivity index is 1.71. The molecule has 162 valence electrons. The number of Topliss-reactive ketones (excluding diaryl/α,β-unsaturated/α-hetero) is 1. The van der Waals surface area contributed by atoms with Gasteiger partial charge in [-0.05, 0) is 42.8 Å². The summed E-state index contributed by atoms with van der Waals surface area (Å²) in [6.07, 6.45) is 3.08. The van der Waals surface area contributed by atoms with Crippen LogP contribution in [0.25, 0.3) is 0 Å². The maximum Gasteiger partial charge on any atom is 0.306 e. The van der Waals surface area contributed by atoms with Gasteiger partial charge < -0.3 is 14.8 Å². The van der Waals surface area contributed by atoms with Crippen LogP contribution in [0.3, 0.4) is 0 Å². The largest absolute Gasteiger partial charge is 0.494 e. The Morgan fingerprint density at radius 1 is 1.00 bits per heavy atom. The molecule has 0 unspecified atom stereocenters. The van der Waals surface area contributed by atoms with Crippen molar-refractivity contribution in [3.05, 3.63) is 59.7 Å². The standard InChI is InChI=1S/C24H26N2O5/c1-2-3-6-15-30-20-11-9-18(10-12-20)22(27)13-14-24(29)31-17-23(28)26-21-8-5-4-7-19(21)16-25/h4-5,7-12H,2-3,6,13-15,17H2,1H3,(H,26,28). The van der Waals surface area contributed by atoms with Crippen molar-refractivity contribution in [2.75, 3.05) is 18.5 Å². The first kappa shape index (κ1) is 23.6. The maximum absolute atomic E-state index is 12.3. The zero-order valence-corrected chi connectivity index (χ0v) is 17.6. The van der Waals surface area contributed by atoms with E-state index in [2.05, 4.69) is 12.2 Å². The highest BCUT2D eigenvalue weighted by Crippen LogP contribution is 2.15. The second-order valence-electron chi connectivity index (χ2n) is 6.87. The normalized spacial score (nSPS) is 10.1. The number of anilines is 1. The van der Waals surface area contributed by atoms with E-state index in [1.54, 1.807) is 48.5 Å². The molecule has 0 atom stereocenters. The van der Waals surface area contributed by atoms with Crippen LogP contribution in [0.1, 0.15) is 54.9 Å². The summed E-state index contributed by atoms with van der Waals surface area (Å²) in [5.74, 6) is -0.692. The van der Waals surface area contributed by atoms with Crippen LogP contribution in [0.4, 0.5) is 5.69 Å². The number of nitrogens with zero attached hydrogens (tertiary/aromatic N) is 1. The molecule has 1 N–H and O–H groups in total. The number of ether oxygens (including phenoxy) is 2. The monoisotopic (exact) mass is 422 g/mol. The van der Waals surface area contributed by atoms with Crippen LogP contribution in [-0.2, 0) is 14.3 Å². The van der Waals surface area contributed by atoms with Crippen LogP contribution in [0.5, 0.6) is 5.75 Å². The third-order valence-electron chi connectivity index (χ3n) is 4.43. The van der Waals surface area contributed by atoms with Crippen LogP contribution >= 0.6 is 0 Å². The molecular weight excluding hydrogens is 396 g/mol. The zero-order chi connectivity index (χ0) is 22.5. The van der Waals surface area contributed by atoms with Gasteiger partial charge in [-0.25, -0.2) is 0 Å². The molecule has 0 heterocycles. The van der Waals surface area contributed by atoms with Gasteiger partial charge in [0, 0.05) is 12.0 Å². The Labute approximate surface area is 182 Å². The third-order valence-corrected chi connectivity index (χ3v) is 4.43. The minimum atomic E-state index is -0.645. The van der Waals surface area contributed by atoms with Gasteiger partial charge in [-0.2, -0.15) is 5.26 Å². The highest BCUT2D eigenvalue weighted by atomic mass is 16.5. The lowest BCUT2D eigenvalue weighted by Gasteiger charge is -2.08. The van der Waals surface area contributed by atoms with Gasteiger partial charge in [0.15, 0.2) is 12.4 Å². The number of amides is 1. The van der Waals surface area contributed by atoms with Crippen LogP contribution in [-0.4, -0.2) is 30.9 Å². The SMILES string of the molecule is CCCCCOc1ccc(C(=O)CCC(=O)OCC(=O)Nc2ccccc2C#N)cc1. The summed E-state index contributed by atoms with van der Waals surface area (Å²) in [5.41, 5.74) is 1.14. The van der Waals surface area contributed by atoms with E-state index in [4.69, 9.17) is 14.7 Å². The number of rotatable bonds is 12. The number of esters is 1. The Kier molecular flexibility index (Phi) is 9.76. The molecule has 0 saturated carbocycles. The van der Waals surface area contributed by atoms with Gasteiger partial charge in [0.05, 0.1) is 24.3 Å². The first-order valence-electron chi connectivity index (χ1n) is 10.2. The van der Waals surface area contributed by atoms with Crippen LogP contribution < -0.4 is 10.1 Å². The lowest BCUT2D eigenvalue weighted by Crippen LogP contribution is -2.21. The summed E-state index contributed by atoms with van der Waals surface area (Å²) >= 11 is 0. The van der Waals surface area contributed by atoms with E-state index in [0.29, 0.717) is 29.2 Å². The van der Waals surface area contributed by atoms with Gasteiger partial charge in [-0.1, -0.05) is 31.9 Å². The molecule has 0 aliphatic heterocycles. The molecule has 0 fully saturated rings. The molecule has 7 nitrogen and oxygen atoms in total. The van der Waals surface area contributed by atoms with Gasteiger partial charge in [0.1, 0.15) is 11.8 Å². The molecule has 2 aromatic carbocycles. The van der Waals surface area contributed by atoms with Crippen molar-refractivity contribution in [2.45, 2.75) is 39.0 Å². The highest BCUT2D eigenvalue weighted by Gasteiger charge is 2.13. The van der Waals surface area contributed by atoms with E-state index in [1.807, 2.05) is 6.07 Å². The second kappa shape index (κ2) is 12.8. The number of hydrogen-bond donors (Lipinski definition) is 1.